The molecule has 7 heteroatoms. The number of hydrogen-bond donors (Lipinski definition) is 3. The van der Waals surface area contributed by atoms with E-state index in [1.165, 1.54) is 0 Å². The van der Waals surface area contributed by atoms with Gasteiger partial charge in [0.2, 0.25) is 5.89 Å². The van der Waals surface area contributed by atoms with Crippen LogP contribution in [0.2, 0.25) is 5.02 Å². The molecule has 124 valence electrons. The van der Waals surface area contributed by atoms with Crippen molar-refractivity contribution in [3.63, 3.8) is 0 Å². The third-order valence-corrected chi connectivity index (χ3v) is 4.89. The molecule has 1 aliphatic rings. The Labute approximate surface area is 139 Å². The van der Waals surface area contributed by atoms with E-state index in [1.807, 2.05) is 6.07 Å². The first kappa shape index (κ1) is 16.1. The maximum Gasteiger partial charge on any atom is 0.434 e. The molecular formula is C16H21ClN4O2. The molecule has 6 nitrogen and oxygen atoms in total. The standard InChI is InChI=1S/C16H21ClN4O2/c1-9(10-2-5-12(18)6-3-10)19-14-8-11(4-7-13(14)17)15-20-21-16(22)23-15/h4,7-10,12,19H,2-3,5-6,18H2,1H3,(H,21,22)/t9-,10?,12?/m0/s1. The number of anilines is 1. The van der Waals surface area contributed by atoms with Crippen LogP contribution >= 0.6 is 11.6 Å². The van der Waals surface area contributed by atoms with Crippen molar-refractivity contribution >= 4 is 17.3 Å². The Morgan fingerprint density at radius 3 is 2.78 bits per heavy atom. The second kappa shape index (κ2) is 6.76. The maximum absolute atomic E-state index is 11.1. The summed E-state index contributed by atoms with van der Waals surface area (Å²) in [5, 5.41) is 10.2. The van der Waals surface area contributed by atoms with Gasteiger partial charge in [-0.3, -0.25) is 0 Å². The van der Waals surface area contributed by atoms with Crippen molar-refractivity contribution in [2.24, 2.45) is 11.7 Å². The van der Waals surface area contributed by atoms with E-state index in [0.29, 0.717) is 28.6 Å². The maximum atomic E-state index is 11.1. The van der Waals surface area contributed by atoms with E-state index < -0.39 is 5.76 Å². The minimum atomic E-state index is -0.573. The average Bonchev–Trinajstić information content (AvgIpc) is 2.96. The molecule has 1 aliphatic carbocycles. The van der Waals surface area contributed by atoms with Gasteiger partial charge in [-0.15, -0.1) is 5.10 Å². The Balaban J connectivity index is 1.75. The van der Waals surface area contributed by atoms with Gasteiger partial charge >= 0.3 is 5.76 Å². The van der Waals surface area contributed by atoms with Crippen LogP contribution in [0.5, 0.6) is 0 Å². The molecule has 1 fully saturated rings. The van der Waals surface area contributed by atoms with Gasteiger partial charge < -0.3 is 15.5 Å². The molecule has 0 spiro atoms. The lowest BCUT2D eigenvalue weighted by atomic mass is 9.82. The molecule has 1 heterocycles. The van der Waals surface area contributed by atoms with Crippen LogP contribution in [0.4, 0.5) is 5.69 Å². The SMILES string of the molecule is C[C@H](Nc1cc(-c2n[nH]c(=O)o2)ccc1Cl)C1CCC(N)CC1. The highest BCUT2D eigenvalue weighted by atomic mass is 35.5. The first-order valence-corrected chi connectivity index (χ1v) is 8.28. The fraction of sp³-hybridized carbons (Fsp3) is 0.500. The number of nitrogens with two attached hydrogens (primary N) is 1. The summed E-state index contributed by atoms with van der Waals surface area (Å²) in [5.74, 6) is 0.264. The Kier molecular flexibility index (Phi) is 4.73. The normalized spacial score (nSPS) is 22.7. The Morgan fingerprint density at radius 2 is 2.13 bits per heavy atom. The number of rotatable bonds is 4. The highest BCUT2D eigenvalue weighted by Gasteiger charge is 2.24. The van der Waals surface area contributed by atoms with Gasteiger partial charge in [0, 0.05) is 17.6 Å². The predicted octanol–water partition coefficient (Wildman–Crippen LogP) is 3.00. The van der Waals surface area contributed by atoms with Crippen LogP contribution in [0.1, 0.15) is 32.6 Å². The Morgan fingerprint density at radius 1 is 1.39 bits per heavy atom. The number of nitrogens with zero attached hydrogens (tertiary/aromatic N) is 1. The molecule has 1 aromatic carbocycles. The van der Waals surface area contributed by atoms with E-state index in [0.717, 1.165) is 31.4 Å². The minimum Gasteiger partial charge on any atom is -0.388 e. The third kappa shape index (κ3) is 3.76. The molecular weight excluding hydrogens is 316 g/mol. The van der Waals surface area contributed by atoms with Crippen LogP contribution in [-0.4, -0.2) is 22.3 Å². The van der Waals surface area contributed by atoms with Crippen LogP contribution in [0.25, 0.3) is 11.5 Å². The van der Waals surface area contributed by atoms with Crippen molar-refractivity contribution < 1.29 is 4.42 Å². The van der Waals surface area contributed by atoms with E-state index in [1.54, 1.807) is 12.1 Å². The smallest absolute Gasteiger partial charge is 0.388 e. The topological polar surface area (TPSA) is 96.9 Å². The number of halogens is 1. The lowest BCUT2D eigenvalue weighted by molar-refractivity contribution is 0.302. The second-order valence-electron chi connectivity index (χ2n) is 6.22. The molecule has 1 atom stereocenters. The van der Waals surface area contributed by atoms with Crippen LogP contribution in [0.15, 0.2) is 27.4 Å². The fourth-order valence-electron chi connectivity index (χ4n) is 3.13. The van der Waals surface area contributed by atoms with Gasteiger partial charge in [0.1, 0.15) is 0 Å². The molecule has 1 saturated carbocycles. The van der Waals surface area contributed by atoms with Gasteiger partial charge in [-0.1, -0.05) is 11.6 Å². The number of H-pyrrole nitrogens is 1. The molecule has 0 amide bonds. The van der Waals surface area contributed by atoms with E-state index in [2.05, 4.69) is 22.4 Å². The fourth-order valence-corrected chi connectivity index (χ4v) is 3.30. The number of aromatic nitrogens is 2. The van der Waals surface area contributed by atoms with E-state index in [-0.39, 0.29) is 5.89 Å². The average molecular weight is 337 g/mol. The number of hydrogen-bond acceptors (Lipinski definition) is 5. The van der Waals surface area contributed by atoms with Crippen molar-refractivity contribution in [2.45, 2.75) is 44.7 Å². The van der Waals surface area contributed by atoms with Crippen LogP contribution in [0, 0.1) is 5.92 Å². The molecule has 23 heavy (non-hydrogen) atoms. The lowest BCUT2D eigenvalue weighted by Crippen LogP contribution is -2.34. The first-order chi connectivity index (χ1) is 11.0. The molecule has 0 unspecified atom stereocenters. The number of benzene rings is 1. The minimum absolute atomic E-state index is 0.256. The largest absolute Gasteiger partial charge is 0.434 e. The van der Waals surface area contributed by atoms with Gasteiger partial charge in [-0.2, -0.15) is 0 Å². The summed E-state index contributed by atoms with van der Waals surface area (Å²) in [5.41, 5.74) is 7.49. The van der Waals surface area contributed by atoms with Gasteiger partial charge in [-0.05, 0) is 56.7 Å². The molecule has 2 aromatic rings. The summed E-state index contributed by atoms with van der Waals surface area (Å²) in [7, 11) is 0. The highest BCUT2D eigenvalue weighted by Crippen LogP contribution is 2.32. The van der Waals surface area contributed by atoms with Gasteiger partial charge in [0.25, 0.3) is 0 Å². The molecule has 0 bridgehead atoms. The highest BCUT2D eigenvalue weighted by molar-refractivity contribution is 6.33. The van der Waals surface area contributed by atoms with Gasteiger partial charge in [-0.25, -0.2) is 9.89 Å². The molecule has 3 rings (SSSR count). The zero-order valence-electron chi connectivity index (χ0n) is 13.0. The van der Waals surface area contributed by atoms with Crippen molar-refractivity contribution in [3.8, 4) is 11.5 Å². The molecule has 0 saturated heterocycles. The summed E-state index contributed by atoms with van der Waals surface area (Å²) in [6, 6.07) is 6.04. The predicted molar refractivity (Wildman–Crippen MR) is 90.6 cm³/mol. The summed E-state index contributed by atoms with van der Waals surface area (Å²) in [6.45, 7) is 2.17. The Hall–Kier alpha value is -1.79. The van der Waals surface area contributed by atoms with E-state index in [4.69, 9.17) is 21.8 Å². The molecule has 1 aromatic heterocycles. The van der Waals surface area contributed by atoms with Crippen LogP contribution in [0.3, 0.4) is 0 Å². The molecule has 0 aliphatic heterocycles. The quantitative estimate of drug-likeness (QED) is 0.797. The number of nitrogens with one attached hydrogen (secondary N) is 2. The monoisotopic (exact) mass is 336 g/mol. The summed E-state index contributed by atoms with van der Waals surface area (Å²) in [4.78, 5) is 11.1. The summed E-state index contributed by atoms with van der Waals surface area (Å²) < 4.78 is 4.99. The van der Waals surface area contributed by atoms with E-state index >= 15 is 0 Å². The molecule has 0 radical (unpaired) electrons. The van der Waals surface area contributed by atoms with E-state index in [9.17, 15) is 4.79 Å². The summed E-state index contributed by atoms with van der Waals surface area (Å²) >= 11 is 6.29. The van der Waals surface area contributed by atoms with Crippen LogP contribution in [-0.2, 0) is 0 Å². The lowest BCUT2D eigenvalue weighted by Gasteiger charge is -2.31. The third-order valence-electron chi connectivity index (χ3n) is 4.56. The zero-order chi connectivity index (χ0) is 16.4. The van der Waals surface area contributed by atoms with Crippen molar-refractivity contribution in [1.29, 1.82) is 0 Å². The second-order valence-corrected chi connectivity index (χ2v) is 6.63. The summed E-state index contributed by atoms with van der Waals surface area (Å²) in [6.07, 6.45) is 4.40. The van der Waals surface area contributed by atoms with Crippen molar-refractivity contribution in [3.05, 3.63) is 33.8 Å². The van der Waals surface area contributed by atoms with Gasteiger partial charge in [0.15, 0.2) is 0 Å². The zero-order valence-corrected chi connectivity index (χ0v) is 13.8. The van der Waals surface area contributed by atoms with Crippen molar-refractivity contribution in [2.75, 3.05) is 5.32 Å². The first-order valence-electron chi connectivity index (χ1n) is 7.90. The molecule has 4 N–H and O–H groups in total. The van der Waals surface area contributed by atoms with Crippen molar-refractivity contribution in [1.82, 2.24) is 10.2 Å². The number of aromatic amines is 1. The van der Waals surface area contributed by atoms with Crippen LogP contribution < -0.4 is 16.8 Å². The van der Waals surface area contributed by atoms with Gasteiger partial charge in [0.05, 0.1) is 10.7 Å². The Bertz CT molecular complexity index is 719.